The average molecular weight is 329 g/mol. The van der Waals surface area contributed by atoms with Gasteiger partial charge in [-0.1, -0.05) is 30.3 Å². The molecule has 4 nitrogen and oxygen atoms in total. The number of nitrogens with one attached hydrogen (secondary N) is 1. The van der Waals surface area contributed by atoms with Crippen molar-refractivity contribution in [3.05, 3.63) is 76.8 Å². The minimum Gasteiger partial charge on any atom is -0.490 e. The standard InChI is InChI=1S/C18H17ClN2O2/c1-3-10-23-15-7-5-14(6-8-15)12-20-21-18(22)16-9-4-13(2)11-17(16)19/h3-9,11-12H,1,10H2,2H3,(H,21,22)/b20-12-. The van der Waals surface area contributed by atoms with Crippen LogP contribution in [0.5, 0.6) is 5.75 Å². The van der Waals surface area contributed by atoms with Gasteiger partial charge in [0.15, 0.2) is 0 Å². The zero-order valence-corrected chi connectivity index (χ0v) is 13.5. The molecule has 0 aliphatic heterocycles. The molecule has 5 heteroatoms. The van der Waals surface area contributed by atoms with Gasteiger partial charge in [0, 0.05) is 0 Å². The summed E-state index contributed by atoms with van der Waals surface area (Å²) in [4.78, 5) is 12.0. The van der Waals surface area contributed by atoms with Gasteiger partial charge in [-0.15, -0.1) is 0 Å². The molecule has 2 rings (SSSR count). The van der Waals surface area contributed by atoms with E-state index in [9.17, 15) is 4.79 Å². The predicted molar refractivity (Wildman–Crippen MR) is 93.4 cm³/mol. The minimum atomic E-state index is -0.350. The summed E-state index contributed by atoms with van der Waals surface area (Å²) in [7, 11) is 0. The van der Waals surface area contributed by atoms with Crippen molar-refractivity contribution in [2.45, 2.75) is 6.92 Å². The van der Waals surface area contributed by atoms with Crippen molar-refractivity contribution in [3.63, 3.8) is 0 Å². The third-order valence-corrected chi connectivity index (χ3v) is 3.31. The van der Waals surface area contributed by atoms with Gasteiger partial charge in [-0.05, 0) is 54.4 Å². The third-order valence-electron chi connectivity index (χ3n) is 3.00. The largest absolute Gasteiger partial charge is 0.490 e. The van der Waals surface area contributed by atoms with Gasteiger partial charge in [0.25, 0.3) is 5.91 Å². The number of carbonyl (C=O) groups excluding carboxylic acids is 1. The van der Waals surface area contributed by atoms with E-state index in [0.29, 0.717) is 17.2 Å². The van der Waals surface area contributed by atoms with Crippen LogP contribution >= 0.6 is 11.6 Å². The molecule has 0 saturated heterocycles. The molecular formula is C18H17ClN2O2. The van der Waals surface area contributed by atoms with Crippen LogP contribution in [0.2, 0.25) is 5.02 Å². The SMILES string of the molecule is C=CCOc1ccc(/C=N\NC(=O)c2ccc(C)cc2Cl)cc1. The first-order valence-electron chi connectivity index (χ1n) is 7.03. The Labute approximate surface area is 140 Å². The quantitative estimate of drug-likeness (QED) is 0.495. The number of halogens is 1. The monoisotopic (exact) mass is 328 g/mol. The molecule has 0 fully saturated rings. The molecule has 1 N–H and O–H groups in total. The maximum absolute atomic E-state index is 12.0. The summed E-state index contributed by atoms with van der Waals surface area (Å²) in [5, 5.41) is 4.34. The Morgan fingerprint density at radius 2 is 2.04 bits per heavy atom. The molecule has 0 aromatic heterocycles. The Balaban J connectivity index is 1.95. The second-order valence-electron chi connectivity index (χ2n) is 4.85. The fraction of sp³-hybridized carbons (Fsp3) is 0.111. The lowest BCUT2D eigenvalue weighted by atomic mass is 10.1. The second-order valence-corrected chi connectivity index (χ2v) is 5.26. The number of carbonyl (C=O) groups is 1. The first kappa shape index (κ1) is 16.8. The van der Waals surface area contributed by atoms with Crippen molar-refractivity contribution in [1.82, 2.24) is 5.43 Å². The molecule has 118 valence electrons. The molecule has 1 amide bonds. The number of hydrazone groups is 1. The zero-order valence-electron chi connectivity index (χ0n) is 12.8. The average Bonchev–Trinajstić information content (AvgIpc) is 2.54. The van der Waals surface area contributed by atoms with Crippen LogP contribution in [0, 0.1) is 6.92 Å². The molecule has 2 aromatic rings. The first-order chi connectivity index (χ1) is 11.1. The summed E-state index contributed by atoms with van der Waals surface area (Å²) in [6.07, 6.45) is 3.23. The normalized spacial score (nSPS) is 10.5. The van der Waals surface area contributed by atoms with Crippen LogP contribution < -0.4 is 10.2 Å². The smallest absolute Gasteiger partial charge is 0.272 e. The highest BCUT2D eigenvalue weighted by Crippen LogP contribution is 2.17. The van der Waals surface area contributed by atoms with E-state index in [-0.39, 0.29) is 5.91 Å². The summed E-state index contributed by atoms with van der Waals surface area (Å²) in [6.45, 7) is 5.96. The lowest BCUT2D eigenvalue weighted by Crippen LogP contribution is -2.18. The van der Waals surface area contributed by atoms with Crippen LogP contribution in [0.15, 0.2) is 60.2 Å². The fourth-order valence-electron chi connectivity index (χ4n) is 1.84. The van der Waals surface area contributed by atoms with E-state index in [1.807, 2.05) is 37.3 Å². The number of nitrogens with zero attached hydrogens (tertiary/aromatic N) is 1. The van der Waals surface area contributed by atoms with Crippen LogP contribution in [-0.2, 0) is 0 Å². The highest BCUT2D eigenvalue weighted by atomic mass is 35.5. The fourth-order valence-corrected chi connectivity index (χ4v) is 2.16. The van der Waals surface area contributed by atoms with Crippen molar-refractivity contribution in [1.29, 1.82) is 0 Å². The Morgan fingerprint density at radius 1 is 1.30 bits per heavy atom. The van der Waals surface area contributed by atoms with E-state index < -0.39 is 0 Å². The highest BCUT2D eigenvalue weighted by Gasteiger charge is 2.08. The van der Waals surface area contributed by atoms with E-state index in [0.717, 1.165) is 16.9 Å². The van der Waals surface area contributed by atoms with Crippen molar-refractivity contribution in [2.24, 2.45) is 5.10 Å². The summed E-state index contributed by atoms with van der Waals surface area (Å²) in [5.74, 6) is 0.398. The molecule has 0 unspecified atom stereocenters. The lowest BCUT2D eigenvalue weighted by molar-refractivity contribution is 0.0955. The number of ether oxygens (including phenoxy) is 1. The number of aryl methyl sites for hydroxylation is 1. The summed E-state index contributed by atoms with van der Waals surface area (Å²) < 4.78 is 5.39. The van der Waals surface area contributed by atoms with Crippen LogP contribution in [-0.4, -0.2) is 18.7 Å². The molecule has 0 atom stereocenters. The maximum atomic E-state index is 12.0. The van der Waals surface area contributed by atoms with Crippen LogP contribution in [0.3, 0.4) is 0 Å². The van der Waals surface area contributed by atoms with Crippen molar-refractivity contribution >= 4 is 23.7 Å². The molecule has 23 heavy (non-hydrogen) atoms. The summed E-state index contributed by atoms with van der Waals surface area (Å²) in [6, 6.07) is 12.6. The van der Waals surface area contributed by atoms with Gasteiger partial charge in [-0.25, -0.2) is 5.43 Å². The number of hydrogen-bond donors (Lipinski definition) is 1. The minimum absolute atomic E-state index is 0.350. The Morgan fingerprint density at radius 3 is 2.70 bits per heavy atom. The van der Waals surface area contributed by atoms with Gasteiger partial charge in [-0.2, -0.15) is 5.10 Å². The van der Waals surface area contributed by atoms with E-state index in [1.165, 1.54) is 0 Å². The van der Waals surface area contributed by atoms with E-state index >= 15 is 0 Å². The topological polar surface area (TPSA) is 50.7 Å². The zero-order chi connectivity index (χ0) is 16.7. The molecule has 0 heterocycles. The Bertz CT molecular complexity index is 724. The molecule has 0 radical (unpaired) electrons. The van der Waals surface area contributed by atoms with E-state index in [1.54, 1.807) is 24.4 Å². The Kier molecular flexibility index (Phi) is 5.94. The molecule has 0 bridgehead atoms. The van der Waals surface area contributed by atoms with Crippen LogP contribution in [0.25, 0.3) is 0 Å². The molecule has 0 saturated carbocycles. The second kappa shape index (κ2) is 8.15. The molecule has 0 spiro atoms. The van der Waals surface area contributed by atoms with Gasteiger partial charge in [0.05, 0.1) is 16.8 Å². The van der Waals surface area contributed by atoms with Crippen LogP contribution in [0.4, 0.5) is 0 Å². The predicted octanol–water partition coefficient (Wildman–Crippen LogP) is 3.98. The number of amides is 1. The number of hydrogen-bond acceptors (Lipinski definition) is 3. The summed E-state index contributed by atoms with van der Waals surface area (Å²) in [5.41, 5.74) is 4.68. The van der Waals surface area contributed by atoms with Gasteiger partial charge >= 0.3 is 0 Å². The van der Waals surface area contributed by atoms with Crippen molar-refractivity contribution in [2.75, 3.05) is 6.61 Å². The van der Waals surface area contributed by atoms with Gasteiger partial charge in [0.2, 0.25) is 0 Å². The van der Waals surface area contributed by atoms with Gasteiger partial charge < -0.3 is 4.74 Å². The molecule has 0 aliphatic rings. The first-order valence-corrected chi connectivity index (χ1v) is 7.41. The molecule has 2 aromatic carbocycles. The van der Waals surface area contributed by atoms with Crippen molar-refractivity contribution < 1.29 is 9.53 Å². The maximum Gasteiger partial charge on any atom is 0.272 e. The van der Waals surface area contributed by atoms with Gasteiger partial charge in [-0.3, -0.25) is 4.79 Å². The van der Waals surface area contributed by atoms with Gasteiger partial charge in [0.1, 0.15) is 12.4 Å². The van der Waals surface area contributed by atoms with Crippen molar-refractivity contribution in [3.8, 4) is 5.75 Å². The number of benzene rings is 2. The molecular weight excluding hydrogens is 312 g/mol. The van der Waals surface area contributed by atoms with E-state index in [4.69, 9.17) is 16.3 Å². The lowest BCUT2D eigenvalue weighted by Gasteiger charge is -2.04. The van der Waals surface area contributed by atoms with Crippen LogP contribution in [0.1, 0.15) is 21.5 Å². The van der Waals surface area contributed by atoms with E-state index in [2.05, 4.69) is 17.1 Å². The highest BCUT2D eigenvalue weighted by molar-refractivity contribution is 6.33. The Hall–Kier alpha value is -2.59. The number of rotatable bonds is 6. The third kappa shape index (κ3) is 4.97. The molecule has 0 aliphatic carbocycles. The summed E-state index contributed by atoms with van der Waals surface area (Å²) >= 11 is 6.05.